The standard InChI is InChI=1S/C12H17N3OS.C6H10O.C2H6/c1-9(2)14-12-15-11(8-17-12)7-13-10(3)5-6-16-4;1-3-4-6(2)5-7;1-2/h5-9H,3H2,1-2,4H3,(H,14,15);3,7H,1-2,4-5H2;1-2H3/b6-5+,13-7?;;. The minimum absolute atomic E-state index is 0.0754. The van der Waals surface area contributed by atoms with Gasteiger partial charge in [0.15, 0.2) is 5.13 Å². The maximum Gasteiger partial charge on any atom is 0.183 e. The van der Waals surface area contributed by atoms with Crippen molar-refractivity contribution in [3.63, 3.8) is 0 Å². The Morgan fingerprint density at radius 1 is 1.42 bits per heavy atom. The lowest BCUT2D eigenvalue weighted by Gasteiger charge is -2.03. The van der Waals surface area contributed by atoms with Crippen LogP contribution in [0, 0.1) is 0 Å². The van der Waals surface area contributed by atoms with Gasteiger partial charge in [0.05, 0.1) is 37.6 Å². The zero-order valence-corrected chi connectivity index (χ0v) is 17.5. The molecule has 146 valence electrons. The summed E-state index contributed by atoms with van der Waals surface area (Å²) >= 11 is 1.56. The molecule has 0 spiro atoms. The van der Waals surface area contributed by atoms with E-state index in [1.807, 2.05) is 19.2 Å². The molecular formula is C20H33N3O2S. The first kappa shape index (κ1) is 26.1. The van der Waals surface area contributed by atoms with Crippen LogP contribution in [0.4, 0.5) is 5.13 Å². The number of hydrogen-bond acceptors (Lipinski definition) is 6. The number of nitrogens with zero attached hydrogens (tertiary/aromatic N) is 2. The highest BCUT2D eigenvalue weighted by molar-refractivity contribution is 7.13. The van der Waals surface area contributed by atoms with Crippen LogP contribution in [0.2, 0.25) is 0 Å². The molecule has 0 bridgehead atoms. The van der Waals surface area contributed by atoms with Crippen LogP contribution in [0.25, 0.3) is 0 Å². The molecule has 0 atom stereocenters. The molecule has 0 amide bonds. The molecule has 1 heterocycles. The average molecular weight is 380 g/mol. The Labute approximate surface area is 162 Å². The number of thiazole rings is 1. The zero-order valence-electron chi connectivity index (χ0n) is 16.7. The van der Waals surface area contributed by atoms with Crippen LogP contribution in [0.15, 0.2) is 59.8 Å². The summed E-state index contributed by atoms with van der Waals surface area (Å²) in [5, 5.41) is 14.4. The number of ether oxygens (including phenoxy) is 1. The summed E-state index contributed by atoms with van der Waals surface area (Å²) in [4.78, 5) is 8.52. The summed E-state index contributed by atoms with van der Waals surface area (Å²) in [5.74, 6) is 0. The molecule has 1 aromatic heterocycles. The minimum Gasteiger partial charge on any atom is -0.504 e. The van der Waals surface area contributed by atoms with Crippen molar-refractivity contribution in [2.24, 2.45) is 4.99 Å². The van der Waals surface area contributed by atoms with E-state index in [0.29, 0.717) is 11.7 Å². The van der Waals surface area contributed by atoms with Crippen molar-refractivity contribution in [1.82, 2.24) is 4.98 Å². The first-order chi connectivity index (χ1) is 12.4. The molecule has 0 saturated carbocycles. The van der Waals surface area contributed by atoms with E-state index in [9.17, 15) is 0 Å². The van der Waals surface area contributed by atoms with E-state index in [1.165, 1.54) is 6.26 Å². The van der Waals surface area contributed by atoms with Crippen LogP contribution in [0.3, 0.4) is 0 Å². The van der Waals surface area contributed by atoms with E-state index in [1.54, 1.807) is 36.8 Å². The van der Waals surface area contributed by atoms with Gasteiger partial charge >= 0.3 is 0 Å². The molecule has 1 aromatic rings. The van der Waals surface area contributed by atoms with Gasteiger partial charge < -0.3 is 15.2 Å². The molecule has 0 aliphatic rings. The SMILES string of the molecule is C=C(/C=C/OC)N=Cc1csc(NC(C)C)n1.C=CCC(=C)CO.CC. The number of aliphatic hydroxyl groups excluding tert-OH is 1. The third-order valence-corrected chi connectivity index (χ3v) is 3.14. The van der Waals surface area contributed by atoms with Gasteiger partial charge in [-0.2, -0.15) is 0 Å². The van der Waals surface area contributed by atoms with Gasteiger partial charge in [0.2, 0.25) is 0 Å². The third kappa shape index (κ3) is 15.4. The second-order valence-corrected chi connectivity index (χ2v) is 5.92. The fourth-order valence-corrected chi connectivity index (χ4v) is 2.07. The molecule has 6 heteroatoms. The number of aliphatic hydroxyl groups is 1. The number of methoxy groups -OCH3 is 1. The molecule has 0 aliphatic heterocycles. The first-order valence-corrected chi connectivity index (χ1v) is 9.33. The maximum atomic E-state index is 8.32. The van der Waals surface area contributed by atoms with Crippen LogP contribution >= 0.6 is 11.3 Å². The van der Waals surface area contributed by atoms with E-state index >= 15 is 0 Å². The maximum absolute atomic E-state index is 8.32. The number of rotatable bonds is 9. The quantitative estimate of drug-likeness (QED) is 0.268. The van der Waals surface area contributed by atoms with Gasteiger partial charge in [-0.1, -0.05) is 33.1 Å². The van der Waals surface area contributed by atoms with Gasteiger partial charge in [0, 0.05) is 11.4 Å². The van der Waals surface area contributed by atoms with Crippen LogP contribution in [0.5, 0.6) is 0 Å². The first-order valence-electron chi connectivity index (χ1n) is 8.45. The largest absolute Gasteiger partial charge is 0.504 e. The summed E-state index contributed by atoms with van der Waals surface area (Å²) in [5.41, 5.74) is 2.26. The second kappa shape index (κ2) is 17.6. The highest BCUT2D eigenvalue weighted by Gasteiger charge is 2.00. The number of aromatic nitrogens is 1. The zero-order chi connectivity index (χ0) is 20.4. The molecular weight excluding hydrogens is 346 g/mol. The van der Waals surface area contributed by atoms with Crippen molar-refractivity contribution >= 4 is 22.7 Å². The lowest BCUT2D eigenvalue weighted by Crippen LogP contribution is -2.09. The smallest absolute Gasteiger partial charge is 0.183 e. The summed E-state index contributed by atoms with van der Waals surface area (Å²) in [6.07, 6.45) is 7.35. The Balaban J connectivity index is 0. The number of aliphatic imine (C=N–C) groups is 1. The fourth-order valence-electron chi connectivity index (χ4n) is 1.27. The van der Waals surface area contributed by atoms with Crippen molar-refractivity contribution in [3.05, 3.63) is 60.5 Å². The summed E-state index contributed by atoms with van der Waals surface area (Å²) in [6, 6.07) is 0.380. The minimum atomic E-state index is 0.0754. The van der Waals surface area contributed by atoms with E-state index in [-0.39, 0.29) is 6.61 Å². The molecule has 0 fully saturated rings. The monoisotopic (exact) mass is 379 g/mol. The summed E-state index contributed by atoms with van der Waals surface area (Å²) < 4.78 is 4.77. The summed E-state index contributed by atoms with van der Waals surface area (Å²) in [7, 11) is 1.58. The predicted molar refractivity (Wildman–Crippen MR) is 116 cm³/mol. The molecule has 0 aliphatic carbocycles. The lowest BCUT2D eigenvalue weighted by atomic mass is 10.2. The molecule has 0 unspecified atom stereocenters. The van der Waals surface area contributed by atoms with Gasteiger partial charge in [-0.05, 0) is 31.9 Å². The topological polar surface area (TPSA) is 66.7 Å². The van der Waals surface area contributed by atoms with Gasteiger partial charge in [0.25, 0.3) is 0 Å². The van der Waals surface area contributed by atoms with Crippen molar-refractivity contribution < 1.29 is 9.84 Å². The number of allylic oxidation sites excluding steroid dienone is 2. The molecule has 0 aromatic carbocycles. The van der Waals surface area contributed by atoms with Crippen LogP contribution in [-0.2, 0) is 4.74 Å². The van der Waals surface area contributed by atoms with E-state index in [0.717, 1.165) is 22.8 Å². The van der Waals surface area contributed by atoms with E-state index < -0.39 is 0 Å². The van der Waals surface area contributed by atoms with E-state index in [2.05, 4.69) is 48.9 Å². The van der Waals surface area contributed by atoms with Crippen molar-refractivity contribution in [2.75, 3.05) is 19.0 Å². The number of nitrogens with one attached hydrogen (secondary N) is 1. The normalized spacial score (nSPS) is 9.96. The third-order valence-electron chi connectivity index (χ3n) is 2.35. The molecule has 5 nitrogen and oxygen atoms in total. The highest BCUT2D eigenvalue weighted by atomic mass is 32.1. The molecule has 1 rings (SSSR count). The average Bonchev–Trinajstić information content (AvgIpc) is 3.07. The Kier molecular flexibility index (Phi) is 17.7. The van der Waals surface area contributed by atoms with Gasteiger partial charge in [-0.15, -0.1) is 17.9 Å². The fraction of sp³-hybridized carbons (Fsp3) is 0.400. The molecule has 26 heavy (non-hydrogen) atoms. The van der Waals surface area contributed by atoms with Crippen molar-refractivity contribution in [1.29, 1.82) is 0 Å². The van der Waals surface area contributed by atoms with Gasteiger partial charge in [-0.3, -0.25) is 4.99 Å². The Morgan fingerprint density at radius 2 is 2.08 bits per heavy atom. The summed E-state index contributed by atoms with van der Waals surface area (Å²) in [6.45, 7) is 19.0. The van der Waals surface area contributed by atoms with Crippen LogP contribution in [0.1, 0.15) is 39.8 Å². The van der Waals surface area contributed by atoms with Crippen molar-refractivity contribution in [2.45, 2.75) is 40.2 Å². The number of anilines is 1. The number of hydrogen-bond donors (Lipinski definition) is 2. The van der Waals surface area contributed by atoms with Crippen LogP contribution < -0.4 is 5.32 Å². The molecule has 2 N–H and O–H groups in total. The van der Waals surface area contributed by atoms with E-state index in [4.69, 9.17) is 9.84 Å². The Morgan fingerprint density at radius 3 is 2.54 bits per heavy atom. The van der Waals surface area contributed by atoms with Gasteiger partial charge in [0.1, 0.15) is 0 Å². The predicted octanol–water partition coefficient (Wildman–Crippen LogP) is 5.19. The molecule has 0 radical (unpaired) electrons. The Hall–Kier alpha value is -2.18. The highest BCUT2D eigenvalue weighted by Crippen LogP contribution is 2.15. The second-order valence-electron chi connectivity index (χ2n) is 5.07. The lowest BCUT2D eigenvalue weighted by molar-refractivity contribution is 0.329. The Bertz CT molecular complexity index is 575. The van der Waals surface area contributed by atoms with Gasteiger partial charge in [-0.25, -0.2) is 4.98 Å². The molecule has 0 saturated heterocycles. The van der Waals surface area contributed by atoms with Crippen LogP contribution in [-0.4, -0.2) is 36.1 Å². The van der Waals surface area contributed by atoms with Crippen molar-refractivity contribution in [3.8, 4) is 0 Å².